The Hall–Kier alpha value is -3.19. The first-order chi connectivity index (χ1) is 12.7. The van der Waals surface area contributed by atoms with Gasteiger partial charge in [0.1, 0.15) is 11.6 Å². The van der Waals surface area contributed by atoms with Crippen molar-refractivity contribution in [3.05, 3.63) is 71.2 Å². The molecule has 26 heavy (non-hydrogen) atoms. The molecule has 0 atom stereocenters. The Labute approximate surface area is 153 Å². The highest BCUT2D eigenvalue weighted by atomic mass is 32.1. The van der Waals surface area contributed by atoms with Crippen LogP contribution in [-0.4, -0.2) is 20.9 Å². The van der Waals surface area contributed by atoms with Crippen LogP contribution in [0.1, 0.15) is 21.8 Å². The van der Waals surface area contributed by atoms with Gasteiger partial charge in [-0.1, -0.05) is 24.3 Å². The van der Waals surface area contributed by atoms with Crippen molar-refractivity contribution in [1.29, 1.82) is 0 Å². The Balaban J connectivity index is 1.47. The Kier molecular flexibility index (Phi) is 4.37. The molecule has 3 heterocycles. The number of benzene rings is 1. The van der Waals surface area contributed by atoms with Crippen LogP contribution in [0.3, 0.4) is 0 Å². The van der Waals surface area contributed by atoms with Crippen molar-refractivity contribution < 1.29 is 9.21 Å². The van der Waals surface area contributed by atoms with E-state index < -0.39 is 0 Å². The summed E-state index contributed by atoms with van der Waals surface area (Å²) < 4.78 is 5.63. The second-order valence-electron chi connectivity index (χ2n) is 5.72. The van der Waals surface area contributed by atoms with Gasteiger partial charge in [-0.25, -0.2) is 9.97 Å². The molecule has 0 aliphatic carbocycles. The molecule has 0 saturated carbocycles. The van der Waals surface area contributed by atoms with Crippen molar-refractivity contribution in [2.45, 2.75) is 13.5 Å². The van der Waals surface area contributed by atoms with E-state index in [-0.39, 0.29) is 5.91 Å². The van der Waals surface area contributed by atoms with Crippen molar-refractivity contribution in [2.75, 3.05) is 0 Å². The zero-order valence-corrected chi connectivity index (χ0v) is 14.8. The Morgan fingerprint density at radius 1 is 1.31 bits per heavy atom. The van der Waals surface area contributed by atoms with E-state index in [1.165, 1.54) is 11.3 Å². The molecule has 0 saturated heterocycles. The molecular formula is C19H16N4O2S. The molecule has 0 aliphatic heterocycles. The fourth-order valence-electron chi connectivity index (χ4n) is 2.63. The summed E-state index contributed by atoms with van der Waals surface area (Å²) in [5.41, 5.74) is 2.27. The molecule has 0 aliphatic rings. The molecule has 3 aromatic heterocycles. The van der Waals surface area contributed by atoms with E-state index in [1.54, 1.807) is 19.3 Å². The van der Waals surface area contributed by atoms with Gasteiger partial charge in [0.15, 0.2) is 5.69 Å². The molecule has 0 bridgehead atoms. The van der Waals surface area contributed by atoms with Crippen LogP contribution >= 0.6 is 11.3 Å². The molecule has 0 fully saturated rings. The molecule has 130 valence electrons. The number of nitrogens with zero attached hydrogens (tertiary/aromatic N) is 2. The fourth-order valence-corrected chi connectivity index (χ4v) is 3.28. The molecule has 4 rings (SSSR count). The first-order valence-electron chi connectivity index (χ1n) is 8.09. The number of carbonyl (C=O) groups excluding carboxylic acids is 1. The molecule has 6 nitrogen and oxygen atoms in total. The van der Waals surface area contributed by atoms with E-state index in [0.717, 1.165) is 21.8 Å². The molecular weight excluding hydrogens is 348 g/mol. The van der Waals surface area contributed by atoms with Crippen molar-refractivity contribution >= 4 is 17.2 Å². The highest BCUT2D eigenvalue weighted by Crippen LogP contribution is 2.26. The number of oxazole rings is 1. The van der Waals surface area contributed by atoms with E-state index >= 15 is 0 Å². The second kappa shape index (κ2) is 6.97. The number of H-pyrrole nitrogens is 1. The van der Waals surface area contributed by atoms with Crippen LogP contribution in [0.5, 0.6) is 0 Å². The van der Waals surface area contributed by atoms with Crippen LogP contribution in [0.2, 0.25) is 0 Å². The number of thiophene rings is 1. The topological polar surface area (TPSA) is 83.8 Å². The Bertz CT molecular complexity index is 1020. The number of aromatic amines is 1. The maximum atomic E-state index is 12.5. The number of carbonyl (C=O) groups is 1. The minimum Gasteiger partial charge on any atom is -0.440 e. The summed E-state index contributed by atoms with van der Waals surface area (Å²) in [5.74, 6) is 1.53. The number of hydrogen-bond acceptors (Lipinski definition) is 5. The van der Waals surface area contributed by atoms with Gasteiger partial charge in [-0.3, -0.25) is 4.79 Å². The number of aryl methyl sites for hydroxylation is 1. The van der Waals surface area contributed by atoms with E-state index in [2.05, 4.69) is 20.3 Å². The standard InChI is InChI=1S/C19H16N4O2S/c1-12-16(23-19(25-12)15-6-3-9-26-15)18(24)22-11-13-4-2-5-14(10-13)17-20-7-8-21-17/h2-10H,11H2,1H3,(H,20,21)(H,22,24). The summed E-state index contributed by atoms with van der Waals surface area (Å²) in [4.78, 5) is 25.0. The van der Waals surface area contributed by atoms with Gasteiger partial charge in [-0.15, -0.1) is 11.3 Å². The third-order valence-corrected chi connectivity index (χ3v) is 4.75. The van der Waals surface area contributed by atoms with E-state index in [1.807, 2.05) is 41.8 Å². The summed E-state index contributed by atoms with van der Waals surface area (Å²) >= 11 is 1.52. The molecule has 0 unspecified atom stereocenters. The van der Waals surface area contributed by atoms with Crippen LogP contribution in [0.25, 0.3) is 22.2 Å². The zero-order valence-electron chi connectivity index (χ0n) is 14.0. The fraction of sp³-hybridized carbons (Fsp3) is 0.105. The lowest BCUT2D eigenvalue weighted by molar-refractivity contribution is 0.0945. The monoisotopic (exact) mass is 364 g/mol. The predicted molar refractivity (Wildman–Crippen MR) is 99.7 cm³/mol. The van der Waals surface area contributed by atoms with Crippen molar-refractivity contribution in [1.82, 2.24) is 20.3 Å². The maximum absolute atomic E-state index is 12.5. The molecule has 1 aromatic carbocycles. The van der Waals surface area contributed by atoms with E-state index in [4.69, 9.17) is 4.42 Å². The average Bonchev–Trinajstić information content (AvgIpc) is 3.40. The first-order valence-corrected chi connectivity index (χ1v) is 8.97. The Morgan fingerprint density at radius 3 is 3.00 bits per heavy atom. The van der Waals surface area contributed by atoms with Crippen molar-refractivity contribution in [2.24, 2.45) is 0 Å². The molecule has 4 aromatic rings. The number of amides is 1. The molecule has 0 spiro atoms. The van der Waals surface area contributed by atoms with Gasteiger partial charge < -0.3 is 14.7 Å². The minimum atomic E-state index is -0.252. The molecule has 0 radical (unpaired) electrons. The average molecular weight is 364 g/mol. The van der Waals surface area contributed by atoms with Crippen LogP contribution in [0.4, 0.5) is 0 Å². The van der Waals surface area contributed by atoms with Gasteiger partial charge in [0.05, 0.1) is 4.88 Å². The van der Waals surface area contributed by atoms with Crippen LogP contribution in [0.15, 0.2) is 58.6 Å². The number of aromatic nitrogens is 3. The number of nitrogens with one attached hydrogen (secondary N) is 2. The minimum absolute atomic E-state index is 0.252. The number of rotatable bonds is 5. The van der Waals surface area contributed by atoms with Crippen LogP contribution in [-0.2, 0) is 6.54 Å². The van der Waals surface area contributed by atoms with Gasteiger partial charge in [-0.2, -0.15) is 0 Å². The Morgan fingerprint density at radius 2 is 2.23 bits per heavy atom. The SMILES string of the molecule is Cc1oc(-c2cccs2)nc1C(=O)NCc1cccc(-c2ncc[nH]2)c1. The van der Waals surface area contributed by atoms with E-state index in [9.17, 15) is 4.79 Å². The summed E-state index contributed by atoms with van der Waals surface area (Å²) in [7, 11) is 0. The van der Waals surface area contributed by atoms with Crippen molar-refractivity contribution in [3.63, 3.8) is 0 Å². The summed E-state index contributed by atoms with van der Waals surface area (Å²) in [6.07, 6.45) is 3.49. The second-order valence-corrected chi connectivity index (χ2v) is 6.67. The zero-order chi connectivity index (χ0) is 17.9. The van der Waals surface area contributed by atoms with Gasteiger partial charge >= 0.3 is 0 Å². The lowest BCUT2D eigenvalue weighted by Crippen LogP contribution is -2.23. The number of imidazole rings is 1. The lowest BCUT2D eigenvalue weighted by Gasteiger charge is -2.05. The highest BCUT2D eigenvalue weighted by molar-refractivity contribution is 7.13. The summed E-state index contributed by atoms with van der Waals surface area (Å²) in [6, 6.07) is 11.7. The van der Waals surface area contributed by atoms with Gasteiger partial charge in [0, 0.05) is 24.5 Å². The maximum Gasteiger partial charge on any atom is 0.273 e. The quantitative estimate of drug-likeness (QED) is 0.560. The van der Waals surface area contributed by atoms with Gasteiger partial charge in [-0.05, 0) is 30.0 Å². The summed E-state index contributed by atoms with van der Waals surface area (Å²) in [6.45, 7) is 2.14. The molecule has 7 heteroatoms. The third kappa shape index (κ3) is 3.29. The van der Waals surface area contributed by atoms with Crippen LogP contribution < -0.4 is 5.32 Å². The largest absolute Gasteiger partial charge is 0.440 e. The highest BCUT2D eigenvalue weighted by Gasteiger charge is 2.18. The lowest BCUT2D eigenvalue weighted by atomic mass is 10.1. The first kappa shape index (κ1) is 16.3. The summed E-state index contributed by atoms with van der Waals surface area (Å²) in [5, 5.41) is 4.84. The predicted octanol–water partition coefficient (Wildman–Crippen LogP) is 4.03. The van der Waals surface area contributed by atoms with Crippen molar-refractivity contribution in [3.8, 4) is 22.2 Å². The smallest absolute Gasteiger partial charge is 0.273 e. The molecule has 2 N–H and O–H groups in total. The van der Waals surface area contributed by atoms with E-state index in [0.29, 0.717) is 23.9 Å². The van der Waals surface area contributed by atoms with Gasteiger partial charge in [0.2, 0.25) is 5.89 Å². The molecule has 1 amide bonds. The van der Waals surface area contributed by atoms with Gasteiger partial charge in [0.25, 0.3) is 5.91 Å². The normalized spacial score (nSPS) is 10.8. The number of hydrogen-bond donors (Lipinski definition) is 2. The van der Waals surface area contributed by atoms with Crippen LogP contribution in [0, 0.1) is 6.92 Å². The third-order valence-electron chi connectivity index (χ3n) is 3.90.